The van der Waals surface area contributed by atoms with Crippen LogP contribution < -0.4 is 5.48 Å². The third kappa shape index (κ3) is 1.69. The summed E-state index contributed by atoms with van der Waals surface area (Å²) in [5, 5.41) is 1.14. The molecule has 5 nitrogen and oxygen atoms in total. The third-order valence-electron chi connectivity index (χ3n) is 5.34. The number of benzene rings is 1. The molecule has 1 aromatic heterocycles. The van der Waals surface area contributed by atoms with Crippen LogP contribution in [-0.4, -0.2) is 36.1 Å². The highest BCUT2D eigenvalue weighted by atomic mass is 16.7. The minimum Gasteiger partial charge on any atom is -0.464 e. The second-order valence-electron chi connectivity index (χ2n) is 6.69. The van der Waals surface area contributed by atoms with Crippen molar-refractivity contribution in [1.29, 1.82) is 0 Å². The lowest BCUT2D eigenvalue weighted by Crippen LogP contribution is -2.58. The van der Waals surface area contributed by atoms with E-state index >= 15 is 0 Å². The van der Waals surface area contributed by atoms with E-state index in [0.29, 0.717) is 5.92 Å². The van der Waals surface area contributed by atoms with Crippen molar-refractivity contribution in [3.05, 3.63) is 35.6 Å². The Kier molecular flexibility index (Phi) is 2.50. The van der Waals surface area contributed by atoms with Crippen LogP contribution >= 0.6 is 0 Å². The predicted molar refractivity (Wildman–Crippen MR) is 83.6 cm³/mol. The van der Waals surface area contributed by atoms with Gasteiger partial charge in [0.25, 0.3) is 0 Å². The van der Waals surface area contributed by atoms with Gasteiger partial charge in [0, 0.05) is 16.9 Å². The number of aliphatic imine (C=N–C) groups is 1. The van der Waals surface area contributed by atoms with E-state index in [1.807, 2.05) is 12.1 Å². The zero-order chi connectivity index (χ0) is 14.7. The first kappa shape index (κ1) is 12.7. The molecule has 0 amide bonds. The monoisotopic (exact) mass is 297 g/mol. The van der Waals surface area contributed by atoms with Crippen LogP contribution in [0.5, 0.6) is 0 Å². The first-order valence-electron chi connectivity index (χ1n) is 7.98. The van der Waals surface area contributed by atoms with Crippen molar-refractivity contribution in [3.8, 4) is 0 Å². The van der Waals surface area contributed by atoms with E-state index in [1.54, 1.807) is 6.26 Å². The fourth-order valence-corrected chi connectivity index (χ4v) is 4.03. The van der Waals surface area contributed by atoms with E-state index in [9.17, 15) is 0 Å². The molecule has 1 atom stereocenters. The van der Waals surface area contributed by atoms with E-state index in [-0.39, 0.29) is 5.72 Å². The normalized spacial score (nSPS) is 33.4. The summed E-state index contributed by atoms with van der Waals surface area (Å²) in [4.78, 5) is 13.4. The summed E-state index contributed by atoms with van der Waals surface area (Å²) in [5.74, 6) is 1.37. The molecule has 4 aliphatic heterocycles. The highest BCUT2D eigenvalue weighted by Crippen LogP contribution is 2.41. The summed E-state index contributed by atoms with van der Waals surface area (Å²) < 4.78 is 5.52. The van der Waals surface area contributed by atoms with Crippen molar-refractivity contribution in [2.45, 2.75) is 25.5 Å². The van der Waals surface area contributed by atoms with Crippen LogP contribution in [0.15, 0.2) is 33.9 Å². The van der Waals surface area contributed by atoms with Crippen molar-refractivity contribution in [2.24, 2.45) is 10.9 Å². The van der Waals surface area contributed by atoms with E-state index in [2.05, 4.69) is 23.4 Å². The lowest BCUT2D eigenvalue weighted by molar-refractivity contribution is -0.155. The second kappa shape index (κ2) is 4.33. The van der Waals surface area contributed by atoms with Gasteiger partial charge in [0.2, 0.25) is 5.72 Å². The molecule has 0 unspecified atom stereocenters. The molecule has 0 saturated carbocycles. The summed E-state index contributed by atoms with van der Waals surface area (Å²) in [5.41, 5.74) is 5.83. The van der Waals surface area contributed by atoms with Gasteiger partial charge in [-0.15, -0.1) is 0 Å². The van der Waals surface area contributed by atoms with Crippen LogP contribution in [-0.2, 0) is 4.84 Å². The smallest absolute Gasteiger partial charge is 0.202 e. The predicted octanol–water partition coefficient (Wildman–Crippen LogP) is 2.44. The van der Waals surface area contributed by atoms with Gasteiger partial charge in [-0.1, -0.05) is 0 Å². The Morgan fingerprint density at radius 2 is 2.18 bits per heavy atom. The van der Waals surface area contributed by atoms with Crippen molar-refractivity contribution in [3.63, 3.8) is 0 Å². The Morgan fingerprint density at radius 1 is 1.32 bits per heavy atom. The molecule has 2 aromatic rings. The van der Waals surface area contributed by atoms with Crippen LogP contribution in [0.1, 0.15) is 24.0 Å². The molecule has 3 saturated heterocycles. The van der Waals surface area contributed by atoms with Crippen LogP contribution in [0.4, 0.5) is 0 Å². The van der Waals surface area contributed by atoms with Crippen LogP contribution in [0, 0.1) is 12.8 Å². The third-order valence-corrected chi connectivity index (χ3v) is 5.34. The number of rotatable bonds is 1. The number of piperidine rings is 3. The standard InChI is InChI=1S/C17H19N3O2/c1-11-9-21-15-3-2-12(8-14(11)15)16-18-17(22-19-16)10-20-6-4-13(17)5-7-20/h2-3,8-9,13H,4-7,10H2,1H3,(H,18,19)/t17-/m1/s1. The van der Waals surface area contributed by atoms with Crippen LogP contribution in [0.25, 0.3) is 11.0 Å². The SMILES string of the molecule is Cc1coc2ccc(C3=N[C@]4(CN5CCC4CC5)ON3)cc12. The Labute approximate surface area is 128 Å². The average Bonchev–Trinajstić information content (AvgIpc) is 3.13. The van der Waals surface area contributed by atoms with Crippen molar-refractivity contribution in [1.82, 2.24) is 10.4 Å². The fourth-order valence-electron chi connectivity index (χ4n) is 4.03. The summed E-state index contributed by atoms with van der Waals surface area (Å²) in [7, 11) is 0. The number of amidine groups is 1. The quantitative estimate of drug-likeness (QED) is 0.878. The second-order valence-corrected chi connectivity index (χ2v) is 6.69. The topological polar surface area (TPSA) is 50.0 Å². The molecule has 6 rings (SSSR count). The van der Waals surface area contributed by atoms with E-state index in [0.717, 1.165) is 34.5 Å². The molecule has 3 fully saturated rings. The molecule has 1 spiro atoms. The van der Waals surface area contributed by atoms with Gasteiger partial charge in [-0.2, -0.15) is 0 Å². The molecule has 0 radical (unpaired) electrons. The molecule has 5 heteroatoms. The van der Waals surface area contributed by atoms with Crippen LogP contribution in [0.3, 0.4) is 0 Å². The highest BCUT2D eigenvalue weighted by Gasteiger charge is 2.51. The molecule has 1 aromatic carbocycles. The number of aryl methyl sites for hydroxylation is 1. The molecular weight excluding hydrogens is 278 g/mol. The number of hydroxylamine groups is 1. The summed E-state index contributed by atoms with van der Waals surface area (Å²) in [6, 6.07) is 6.17. The number of fused-ring (bicyclic) bond motifs is 3. The maximum absolute atomic E-state index is 5.99. The zero-order valence-electron chi connectivity index (χ0n) is 12.6. The lowest BCUT2D eigenvalue weighted by atomic mass is 9.81. The van der Waals surface area contributed by atoms with Crippen molar-refractivity contribution < 1.29 is 9.25 Å². The van der Waals surface area contributed by atoms with Gasteiger partial charge < -0.3 is 4.42 Å². The summed E-state index contributed by atoms with van der Waals surface area (Å²) in [6.07, 6.45) is 4.15. The Morgan fingerprint density at radius 3 is 2.95 bits per heavy atom. The van der Waals surface area contributed by atoms with Gasteiger partial charge in [-0.05, 0) is 56.6 Å². The molecule has 114 valence electrons. The number of hydrogen-bond acceptors (Lipinski definition) is 5. The first-order chi connectivity index (χ1) is 10.7. The highest BCUT2D eigenvalue weighted by molar-refractivity contribution is 6.02. The minimum atomic E-state index is -0.383. The number of nitrogens with one attached hydrogen (secondary N) is 1. The Hall–Kier alpha value is -1.85. The van der Waals surface area contributed by atoms with E-state index < -0.39 is 0 Å². The summed E-state index contributed by atoms with van der Waals surface area (Å²) >= 11 is 0. The van der Waals surface area contributed by atoms with Gasteiger partial charge in [0.05, 0.1) is 12.8 Å². The number of hydrogen-bond donors (Lipinski definition) is 1. The number of nitrogens with zero attached hydrogens (tertiary/aromatic N) is 2. The molecule has 4 aliphatic rings. The minimum absolute atomic E-state index is 0.383. The van der Waals surface area contributed by atoms with Gasteiger partial charge in [-0.25, -0.2) is 15.3 Å². The lowest BCUT2D eigenvalue weighted by Gasteiger charge is -2.47. The zero-order valence-corrected chi connectivity index (χ0v) is 12.6. The van der Waals surface area contributed by atoms with Crippen molar-refractivity contribution in [2.75, 3.05) is 19.6 Å². The molecule has 22 heavy (non-hydrogen) atoms. The van der Waals surface area contributed by atoms with Gasteiger partial charge in [0.15, 0.2) is 5.84 Å². The van der Waals surface area contributed by atoms with Crippen molar-refractivity contribution >= 4 is 16.8 Å². The largest absolute Gasteiger partial charge is 0.464 e. The van der Waals surface area contributed by atoms with E-state index in [1.165, 1.54) is 25.9 Å². The van der Waals surface area contributed by atoms with Gasteiger partial charge in [-0.3, -0.25) is 4.90 Å². The maximum Gasteiger partial charge on any atom is 0.202 e. The fraction of sp³-hybridized carbons (Fsp3) is 0.471. The van der Waals surface area contributed by atoms with E-state index in [4.69, 9.17) is 14.2 Å². The number of furan rings is 1. The summed E-state index contributed by atoms with van der Waals surface area (Å²) in [6.45, 7) is 5.33. The Bertz CT molecular complexity index is 773. The van der Waals surface area contributed by atoms with Gasteiger partial charge in [0.1, 0.15) is 5.58 Å². The van der Waals surface area contributed by atoms with Gasteiger partial charge >= 0.3 is 0 Å². The molecular formula is C17H19N3O2. The molecule has 5 heterocycles. The molecule has 0 aliphatic carbocycles. The Balaban J connectivity index is 1.54. The van der Waals surface area contributed by atoms with Crippen LogP contribution in [0.2, 0.25) is 0 Å². The average molecular weight is 297 g/mol. The maximum atomic E-state index is 5.99. The first-order valence-corrected chi connectivity index (χ1v) is 7.98. The molecule has 1 N–H and O–H groups in total. The molecule has 2 bridgehead atoms.